The summed E-state index contributed by atoms with van der Waals surface area (Å²) in [5, 5.41) is 10.2. The van der Waals surface area contributed by atoms with Crippen molar-refractivity contribution in [3.05, 3.63) is 39.4 Å². The fraction of sp³-hybridized carbons (Fsp3) is 0.263. The Kier molecular flexibility index (Phi) is 4.46. The Morgan fingerprint density at radius 1 is 1.11 bits per heavy atom. The summed E-state index contributed by atoms with van der Waals surface area (Å²) in [5.41, 5.74) is 6.62. The number of phenols is 1. The first-order chi connectivity index (χ1) is 12.5. The van der Waals surface area contributed by atoms with E-state index in [2.05, 4.69) is 0 Å². The number of nitrogen functional groups attached to an aromatic ring is 1. The van der Waals surface area contributed by atoms with Crippen LogP contribution in [-0.4, -0.2) is 12.2 Å². The minimum atomic E-state index is -4.74. The molecule has 0 atom stereocenters. The molecule has 3 aromatic rings. The Bertz CT molecular complexity index is 1070. The van der Waals surface area contributed by atoms with Gasteiger partial charge in [0.15, 0.2) is 11.5 Å². The fourth-order valence-corrected chi connectivity index (χ4v) is 3.51. The summed E-state index contributed by atoms with van der Waals surface area (Å²) in [7, 11) is 1.29. The number of halogens is 4. The number of alkyl halides is 3. The number of methoxy groups -OCH3 is 1. The summed E-state index contributed by atoms with van der Waals surface area (Å²) >= 11 is 5.84. The minimum absolute atomic E-state index is 0.0131. The summed E-state index contributed by atoms with van der Waals surface area (Å²) in [6.45, 7) is 5.26. The zero-order valence-corrected chi connectivity index (χ0v) is 15.8. The molecule has 0 saturated carbocycles. The first kappa shape index (κ1) is 19.2. The van der Waals surface area contributed by atoms with Crippen molar-refractivity contribution in [1.29, 1.82) is 0 Å². The number of phenolic OH excluding ortho intramolecular Hbond substituents is 1. The summed E-state index contributed by atoms with van der Waals surface area (Å²) in [5.74, 6) is -0.318. The van der Waals surface area contributed by atoms with E-state index < -0.39 is 16.8 Å². The second-order valence-electron chi connectivity index (χ2n) is 6.32. The standard InChI is InChI=1S/C19H17ClF3NO3/c1-7-8(2)15(25)13-16(9(7)3)27-17(18(13)26-4)11-5-10(24)6-12(20)14(11)19(21,22)23/h5-6,25H,24H2,1-4H3. The monoisotopic (exact) mass is 399 g/mol. The molecule has 0 amide bonds. The molecular formula is C19H17ClF3NO3. The lowest BCUT2D eigenvalue weighted by Gasteiger charge is -2.15. The third-order valence-corrected chi connectivity index (χ3v) is 5.06. The molecule has 3 N–H and O–H groups in total. The van der Waals surface area contributed by atoms with Gasteiger partial charge in [-0.2, -0.15) is 13.2 Å². The number of anilines is 1. The van der Waals surface area contributed by atoms with E-state index in [1.807, 2.05) is 0 Å². The number of hydrogen-bond donors (Lipinski definition) is 2. The van der Waals surface area contributed by atoms with E-state index >= 15 is 0 Å². The van der Waals surface area contributed by atoms with Crippen molar-refractivity contribution in [3.63, 3.8) is 0 Å². The van der Waals surface area contributed by atoms with Crippen molar-refractivity contribution in [2.24, 2.45) is 0 Å². The lowest BCUT2D eigenvalue weighted by Crippen LogP contribution is -2.09. The molecular weight excluding hydrogens is 383 g/mol. The van der Waals surface area contributed by atoms with Crippen molar-refractivity contribution >= 4 is 28.3 Å². The molecule has 27 heavy (non-hydrogen) atoms. The van der Waals surface area contributed by atoms with Crippen LogP contribution in [0.15, 0.2) is 16.5 Å². The molecule has 0 aliphatic heterocycles. The van der Waals surface area contributed by atoms with Gasteiger partial charge in [0.05, 0.1) is 17.7 Å². The molecule has 1 heterocycles. The third kappa shape index (κ3) is 2.86. The lowest BCUT2D eigenvalue weighted by molar-refractivity contribution is -0.137. The smallest absolute Gasteiger partial charge is 0.418 e. The normalized spacial score (nSPS) is 12.0. The summed E-state index contributed by atoms with van der Waals surface area (Å²) < 4.78 is 52.0. The molecule has 144 valence electrons. The van der Waals surface area contributed by atoms with Crippen LogP contribution in [0.2, 0.25) is 5.02 Å². The van der Waals surface area contributed by atoms with Gasteiger partial charge in [0, 0.05) is 11.3 Å². The van der Waals surface area contributed by atoms with E-state index in [1.165, 1.54) is 7.11 Å². The van der Waals surface area contributed by atoms with Crippen LogP contribution in [0.3, 0.4) is 0 Å². The average molecular weight is 400 g/mol. The number of aromatic hydroxyl groups is 1. The predicted molar refractivity (Wildman–Crippen MR) is 98.5 cm³/mol. The van der Waals surface area contributed by atoms with Crippen molar-refractivity contribution in [3.8, 4) is 22.8 Å². The molecule has 0 fully saturated rings. The van der Waals surface area contributed by atoms with Gasteiger partial charge in [0.1, 0.15) is 16.7 Å². The minimum Gasteiger partial charge on any atom is -0.507 e. The number of aryl methyl sites for hydroxylation is 1. The summed E-state index contributed by atoms with van der Waals surface area (Å²) in [4.78, 5) is 0. The quantitative estimate of drug-likeness (QED) is 0.519. The van der Waals surface area contributed by atoms with Crippen molar-refractivity contribution in [2.75, 3.05) is 12.8 Å². The number of fused-ring (bicyclic) bond motifs is 1. The largest absolute Gasteiger partial charge is 0.507 e. The van der Waals surface area contributed by atoms with E-state index in [0.717, 1.165) is 17.7 Å². The van der Waals surface area contributed by atoms with Crippen molar-refractivity contribution in [1.82, 2.24) is 0 Å². The highest BCUT2D eigenvalue weighted by atomic mass is 35.5. The topological polar surface area (TPSA) is 68.6 Å². The van der Waals surface area contributed by atoms with Gasteiger partial charge in [-0.1, -0.05) is 11.6 Å². The number of hydrogen-bond acceptors (Lipinski definition) is 4. The average Bonchev–Trinajstić information content (AvgIpc) is 2.95. The maximum Gasteiger partial charge on any atom is 0.418 e. The maximum atomic E-state index is 13.6. The number of rotatable bonds is 2. The highest BCUT2D eigenvalue weighted by Gasteiger charge is 2.39. The Morgan fingerprint density at radius 2 is 1.74 bits per heavy atom. The van der Waals surface area contributed by atoms with Crippen LogP contribution in [-0.2, 0) is 6.18 Å². The SMILES string of the molecule is COc1c(-c2cc(N)cc(Cl)c2C(F)(F)F)oc2c(C)c(C)c(C)c(O)c12. The zero-order valence-electron chi connectivity index (χ0n) is 15.0. The van der Waals surface area contributed by atoms with Gasteiger partial charge in [-0.3, -0.25) is 0 Å². The number of ether oxygens (including phenoxy) is 1. The molecule has 0 spiro atoms. The molecule has 0 saturated heterocycles. The highest BCUT2D eigenvalue weighted by Crippen LogP contribution is 2.51. The van der Waals surface area contributed by atoms with Crippen LogP contribution in [0.1, 0.15) is 22.3 Å². The fourth-order valence-electron chi connectivity index (χ4n) is 3.18. The molecule has 1 aromatic heterocycles. The van der Waals surface area contributed by atoms with Gasteiger partial charge in [0.25, 0.3) is 0 Å². The lowest BCUT2D eigenvalue weighted by atomic mass is 9.98. The van der Waals surface area contributed by atoms with Crippen LogP contribution < -0.4 is 10.5 Å². The highest BCUT2D eigenvalue weighted by molar-refractivity contribution is 6.32. The molecule has 3 rings (SSSR count). The third-order valence-electron chi connectivity index (χ3n) is 4.77. The molecule has 2 aromatic carbocycles. The van der Waals surface area contributed by atoms with Crippen LogP contribution in [0.5, 0.6) is 11.5 Å². The van der Waals surface area contributed by atoms with Crippen LogP contribution >= 0.6 is 11.6 Å². The Morgan fingerprint density at radius 3 is 2.30 bits per heavy atom. The molecule has 0 aliphatic carbocycles. The van der Waals surface area contributed by atoms with E-state index in [0.29, 0.717) is 11.1 Å². The van der Waals surface area contributed by atoms with Gasteiger partial charge in [-0.25, -0.2) is 0 Å². The van der Waals surface area contributed by atoms with Gasteiger partial charge in [-0.05, 0) is 49.6 Å². The van der Waals surface area contributed by atoms with Crippen LogP contribution in [0.25, 0.3) is 22.3 Å². The molecule has 0 bridgehead atoms. The zero-order chi connectivity index (χ0) is 20.3. The molecule has 4 nitrogen and oxygen atoms in total. The van der Waals surface area contributed by atoms with E-state index in [1.54, 1.807) is 20.8 Å². The number of nitrogens with two attached hydrogens (primary N) is 1. The Labute approximate surface area is 158 Å². The van der Waals surface area contributed by atoms with Gasteiger partial charge < -0.3 is 20.0 Å². The van der Waals surface area contributed by atoms with Crippen molar-refractivity contribution in [2.45, 2.75) is 26.9 Å². The first-order valence-corrected chi connectivity index (χ1v) is 8.32. The number of benzene rings is 2. The molecule has 8 heteroatoms. The Balaban J connectivity index is 2.51. The van der Waals surface area contributed by atoms with Gasteiger partial charge in [0.2, 0.25) is 0 Å². The van der Waals surface area contributed by atoms with Crippen LogP contribution in [0, 0.1) is 20.8 Å². The summed E-state index contributed by atoms with van der Waals surface area (Å²) in [6.07, 6.45) is -4.74. The molecule has 0 unspecified atom stereocenters. The van der Waals surface area contributed by atoms with Gasteiger partial charge >= 0.3 is 6.18 Å². The second kappa shape index (κ2) is 6.27. The molecule has 0 aliphatic rings. The summed E-state index contributed by atoms with van der Waals surface area (Å²) in [6, 6.07) is 2.15. The molecule has 0 radical (unpaired) electrons. The van der Waals surface area contributed by atoms with Gasteiger partial charge in [-0.15, -0.1) is 0 Å². The van der Waals surface area contributed by atoms with E-state index in [9.17, 15) is 18.3 Å². The van der Waals surface area contributed by atoms with Crippen LogP contribution in [0.4, 0.5) is 18.9 Å². The predicted octanol–water partition coefficient (Wildman–Crippen LogP) is 5.99. The van der Waals surface area contributed by atoms with Crippen molar-refractivity contribution < 1.29 is 27.4 Å². The number of furan rings is 1. The Hall–Kier alpha value is -2.54. The van der Waals surface area contributed by atoms with E-state index in [-0.39, 0.29) is 39.5 Å². The maximum absolute atomic E-state index is 13.6. The first-order valence-electron chi connectivity index (χ1n) is 7.94. The van der Waals surface area contributed by atoms with E-state index in [4.69, 9.17) is 26.5 Å². The second-order valence-corrected chi connectivity index (χ2v) is 6.72.